The van der Waals surface area contributed by atoms with Gasteiger partial charge in [0.1, 0.15) is 5.71 Å². The molecule has 1 N–H and O–H groups in total. The van der Waals surface area contributed by atoms with Crippen molar-refractivity contribution in [2.45, 2.75) is 45.3 Å². The first-order valence-electron chi connectivity index (χ1n) is 5.28. The lowest BCUT2D eigenvalue weighted by atomic mass is 9.92. The van der Waals surface area contributed by atoms with E-state index in [9.17, 15) is 0 Å². The monoisotopic (exact) mass is 201 g/mol. The first kappa shape index (κ1) is 11.5. The van der Waals surface area contributed by atoms with Crippen LogP contribution in [0.25, 0.3) is 0 Å². The van der Waals surface area contributed by atoms with Gasteiger partial charge in [-0.05, 0) is 33.1 Å². The lowest BCUT2D eigenvalue weighted by Gasteiger charge is -2.36. The Morgan fingerprint density at radius 3 is 2.43 bits per heavy atom. The van der Waals surface area contributed by atoms with E-state index in [1.807, 2.05) is 13.8 Å². The minimum Gasteiger partial charge on any atom is -0.411 e. The van der Waals surface area contributed by atoms with Crippen LogP contribution in [0, 0.1) is 0 Å². The molecule has 4 heteroatoms. The van der Waals surface area contributed by atoms with Gasteiger partial charge in [0.25, 0.3) is 0 Å². The van der Waals surface area contributed by atoms with E-state index in [0.717, 1.165) is 25.7 Å². The summed E-state index contributed by atoms with van der Waals surface area (Å²) in [7, 11) is 0. The highest BCUT2D eigenvalue weighted by molar-refractivity contribution is 5.91. The zero-order chi connectivity index (χ0) is 10.4. The van der Waals surface area contributed by atoms with E-state index in [1.165, 1.54) is 0 Å². The molecule has 1 aliphatic carbocycles. The maximum absolute atomic E-state index is 8.91. The van der Waals surface area contributed by atoms with Gasteiger partial charge < -0.3 is 14.7 Å². The fraction of sp³-hybridized carbons (Fsp3) is 0.900. The van der Waals surface area contributed by atoms with Crippen molar-refractivity contribution in [3.8, 4) is 0 Å². The van der Waals surface area contributed by atoms with Gasteiger partial charge >= 0.3 is 0 Å². The zero-order valence-electron chi connectivity index (χ0n) is 8.95. The lowest BCUT2D eigenvalue weighted by Crippen LogP contribution is -2.46. The SMILES string of the molecule is CCOC1(OCC)CCCC/C1=N\O. The van der Waals surface area contributed by atoms with Gasteiger partial charge in [-0.3, -0.25) is 0 Å². The third-order valence-corrected chi connectivity index (χ3v) is 2.48. The van der Waals surface area contributed by atoms with Gasteiger partial charge in [-0.15, -0.1) is 0 Å². The Morgan fingerprint density at radius 1 is 1.29 bits per heavy atom. The summed E-state index contributed by atoms with van der Waals surface area (Å²) in [6.45, 7) is 4.98. The van der Waals surface area contributed by atoms with Crippen molar-refractivity contribution in [1.29, 1.82) is 0 Å². The van der Waals surface area contributed by atoms with Crippen molar-refractivity contribution < 1.29 is 14.7 Å². The van der Waals surface area contributed by atoms with E-state index in [0.29, 0.717) is 18.9 Å². The summed E-state index contributed by atoms with van der Waals surface area (Å²) < 4.78 is 11.2. The summed E-state index contributed by atoms with van der Waals surface area (Å²) in [5.41, 5.74) is 0.632. The van der Waals surface area contributed by atoms with Crippen LogP contribution in [0.1, 0.15) is 39.5 Å². The first-order chi connectivity index (χ1) is 6.79. The Morgan fingerprint density at radius 2 is 1.93 bits per heavy atom. The Hall–Kier alpha value is -0.610. The Balaban J connectivity index is 2.79. The van der Waals surface area contributed by atoms with Crippen molar-refractivity contribution in [3.05, 3.63) is 0 Å². The van der Waals surface area contributed by atoms with Gasteiger partial charge in [0.2, 0.25) is 5.79 Å². The molecule has 0 amide bonds. The van der Waals surface area contributed by atoms with E-state index < -0.39 is 5.79 Å². The van der Waals surface area contributed by atoms with Crippen molar-refractivity contribution in [2.24, 2.45) is 5.16 Å². The summed E-state index contributed by atoms with van der Waals surface area (Å²) >= 11 is 0. The largest absolute Gasteiger partial charge is 0.411 e. The highest BCUT2D eigenvalue weighted by Crippen LogP contribution is 2.30. The van der Waals surface area contributed by atoms with Gasteiger partial charge in [0.05, 0.1) is 0 Å². The van der Waals surface area contributed by atoms with E-state index in [-0.39, 0.29) is 0 Å². The van der Waals surface area contributed by atoms with Gasteiger partial charge in [0.15, 0.2) is 0 Å². The number of hydrogen-bond donors (Lipinski definition) is 1. The maximum Gasteiger partial charge on any atom is 0.211 e. The molecule has 0 saturated heterocycles. The smallest absolute Gasteiger partial charge is 0.211 e. The van der Waals surface area contributed by atoms with Crippen molar-refractivity contribution in [1.82, 2.24) is 0 Å². The minimum absolute atomic E-state index is 0.568. The highest BCUT2D eigenvalue weighted by atomic mass is 16.7. The standard InChI is InChI=1S/C10H19NO3/c1-3-13-10(14-4-2)8-6-5-7-9(10)11-12/h12H,3-8H2,1-2H3/b11-9+. The normalized spacial score (nSPS) is 24.0. The molecule has 1 rings (SSSR count). The molecular formula is C10H19NO3. The number of ether oxygens (including phenoxy) is 2. The summed E-state index contributed by atoms with van der Waals surface area (Å²) in [5, 5.41) is 12.2. The highest BCUT2D eigenvalue weighted by Gasteiger charge is 2.40. The molecule has 0 bridgehead atoms. The Labute approximate surface area is 84.9 Å². The molecule has 0 aliphatic heterocycles. The van der Waals surface area contributed by atoms with Crippen molar-refractivity contribution in [3.63, 3.8) is 0 Å². The minimum atomic E-state index is -0.753. The molecule has 0 aromatic heterocycles. The topological polar surface area (TPSA) is 51.0 Å². The molecule has 1 fully saturated rings. The van der Waals surface area contributed by atoms with Crippen LogP contribution in [0.15, 0.2) is 5.16 Å². The van der Waals surface area contributed by atoms with Crippen molar-refractivity contribution >= 4 is 5.71 Å². The van der Waals surface area contributed by atoms with Crippen LogP contribution >= 0.6 is 0 Å². The van der Waals surface area contributed by atoms with Gasteiger partial charge in [-0.1, -0.05) is 5.16 Å². The molecule has 0 aromatic rings. The summed E-state index contributed by atoms with van der Waals surface area (Å²) in [4.78, 5) is 0. The second kappa shape index (κ2) is 5.32. The fourth-order valence-corrected chi connectivity index (χ4v) is 1.93. The van der Waals surface area contributed by atoms with E-state index in [4.69, 9.17) is 14.7 Å². The van der Waals surface area contributed by atoms with Gasteiger partial charge in [0, 0.05) is 19.6 Å². The quantitative estimate of drug-likeness (QED) is 0.431. The van der Waals surface area contributed by atoms with Gasteiger partial charge in [-0.2, -0.15) is 0 Å². The van der Waals surface area contributed by atoms with E-state index in [1.54, 1.807) is 0 Å². The predicted molar refractivity (Wildman–Crippen MR) is 53.7 cm³/mol. The average molecular weight is 201 g/mol. The van der Waals surface area contributed by atoms with Crippen LogP contribution in [0.5, 0.6) is 0 Å². The summed E-state index contributed by atoms with van der Waals surface area (Å²) in [6, 6.07) is 0. The second-order valence-corrected chi connectivity index (χ2v) is 3.37. The van der Waals surface area contributed by atoms with Crippen LogP contribution in [0.2, 0.25) is 0 Å². The Bertz CT molecular complexity index is 192. The number of oxime groups is 1. The number of hydrogen-bond acceptors (Lipinski definition) is 4. The fourth-order valence-electron chi connectivity index (χ4n) is 1.93. The van der Waals surface area contributed by atoms with Crippen LogP contribution in [0.3, 0.4) is 0 Å². The molecule has 1 aliphatic rings. The van der Waals surface area contributed by atoms with Gasteiger partial charge in [-0.25, -0.2) is 0 Å². The van der Waals surface area contributed by atoms with Crippen LogP contribution in [-0.4, -0.2) is 29.9 Å². The molecule has 1 saturated carbocycles. The molecule has 0 unspecified atom stereocenters. The third kappa shape index (κ3) is 2.25. The van der Waals surface area contributed by atoms with Crippen LogP contribution < -0.4 is 0 Å². The molecule has 0 heterocycles. The second-order valence-electron chi connectivity index (χ2n) is 3.37. The van der Waals surface area contributed by atoms with Crippen LogP contribution in [0.4, 0.5) is 0 Å². The summed E-state index contributed by atoms with van der Waals surface area (Å²) in [6.07, 6.45) is 3.64. The lowest BCUT2D eigenvalue weighted by molar-refractivity contribution is -0.193. The number of nitrogens with zero attached hydrogens (tertiary/aromatic N) is 1. The summed E-state index contributed by atoms with van der Waals surface area (Å²) in [5.74, 6) is -0.753. The van der Waals surface area contributed by atoms with Crippen LogP contribution in [-0.2, 0) is 9.47 Å². The molecular weight excluding hydrogens is 182 g/mol. The molecule has 0 radical (unpaired) electrons. The molecule has 0 aromatic carbocycles. The molecule has 0 spiro atoms. The van der Waals surface area contributed by atoms with Crippen molar-refractivity contribution in [2.75, 3.05) is 13.2 Å². The molecule has 82 valence electrons. The average Bonchev–Trinajstić information content (AvgIpc) is 2.19. The van der Waals surface area contributed by atoms with E-state index in [2.05, 4.69) is 5.16 Å². The first-order valence-corrected chi connectivity index (χ1v) is 5.28. The third-order valence-electron chi connectivity index (χ3n) is 2.48. The Kier molecular flexibility index (Phi) is 4.35. The van der Waals surface area contributed by atoms with E-state index >= 15 is 0 Å². The molecule has 14 heavy (non-hydrogen) atoms. The zero-order valence-corrected chi connectivity index (χ0v) is 8.95. The maximum atomic E-state index is 8.91. The predicted octanol–water partition coefficient (Wildman–Crippen LogP) is 2.16. The molecule has 4 nitrogen and oxygen atoms in total. The number of rotatable bonds is 4. The molecule has 0 atom stereocenters.